The lowest BCUT2D eigenvalue weighted by Crippen LogP contribution is -2.53. The highest BCUT2D eigenvalue weighted by Gasteiger charge is 2.51. The maximum Gasteiger partial charge on any atom is 0.251 e. The molecule has 2 amide bonds. The van der Waals surface area contributed by atoms with Crippen LogP contribution in [0.4, 0.5) is 0 Å². The quantitative estimate of drug-likeness (QED) is 0.439. The van der Waals surface area contributed by atoms with Crippen LogP contribution in [0.5, 0.6) is 5.75 Å². The van der Waals surface area contributed by atoms with Crippen molar-refractivity contribution in [3.8, 4) is 5.75 Å². The van der Waals surface area contributed by atoms with Crippen LogP contribution in [0.15, 0.2) is 71.6 Å². The molecule has 3 aromatic rings. The van der Waals surface area contributed by atoms with E-state index in [1.54, 1.807) is 18.2 Å². The number of sulfone groups is 1. The number of rotatable bonds is 9. The predicted octanol–water partition coefficient (Wildman–Crippen LogP) is 2.85. The summed E-state index contributed by atoms with van der Waals surface area (Å²) in [6.45, 7) is 1.10. The zero-order valence-electron chi connectivity index (χ0n) is 19.2. The van der Waals surface area contributed by atoms with Crippen LogP contribution < -0.4 is 15.8 Å². The molecule has 0 aliphatic carbocycles. The summed E-state index contributed by atoms with van der Waals surface area (Å²) in [5.41, 5.74) is 6.13. The number of amides is 2. The molecule has 8 nitrogen and oxygen atoms in total. The zero-order chi connectivity index (χ0) is 24.9. The minimum Gasteiger partial charge on any atom is -0.494 e. The molecule has 35 heavy (non-hydrogen) atoms. The second kappa shape index (κ2) is 10.5. The number of primary amides is 1. The Balaban J connectivity index is 1.30. The summed E-state index contributed by atoms with van der Waals surface area (Å²) in [6.07, 6.45) is 0.641. The van der Waals surface area contributed by atoms with Gasteiger partial charge >= 0.3 is 0 Å². The second-order valence-corrected chi connectivity index (χ2v) is 10.7. The van der Waals surface area contributed by atoms with Crippen molar-refractivity contribution < 1.29 is 27.5 Å². The lowest BCUT2D eigenvalue weighted by atomic mass is 9.98. The fourth-order valence-corrected chi connectivity index (χ4v) is 6.19. The molecule has 184 valence electrons. The van der Waals surface area contributed by atoms with Crippen molar-refractivity contribution in [2.24, 2.45) is 5.73 Å². The Hall–Kier alpha value is -3.43. The van der Waals surface area contributed by atoms with Crippen LogP contribution in [-0.4, -0.2) is 51.3 Å². The third-order valence-electron chi connectivity index (χ3n) is 6.31. The SMILES string of the molecule is NC(=O)C1(S(=O)(=O)c2ccc(OCCCNC(=O)c3cccc4ccccc34)cc2)CCOCC1. The molecular weight excluding hydrogens is 468 g/mol. The van der Waals surface area contributed by atoms with Crippen molar-refractivity contribution >= 4 is 32.4 Å². The number of carbonyl (C=O) groups excluding carboxylic acids is 2. The van der Waals surface area contributed by atoms with E-state index in [1.165, 1.54) is 12.1 Å². The van der Waals surface area contributed by atoms with Crippen molar-refractivity contribution in [3.05, 3.63) is 72.3 Å². The van der Waals surface area contributed by atoms with Crippen molar-refractivity contribution in [3.63, 3.8) is 0 Å². The monoisotopic (exact) mass is 496 g/mol. The first-order valence-electron chi connectivity index (χ1n) is 11.5. The van der Waals surface area contributed by atoms with Gasteiger partial charge in [0.25, 0.3) is 5.91 Å². The van der Waals surface area contributed by atoms with Gasteiger partial charge in [0, 0.05) is 25.3 Å². The van der Waals surface area contributed by atoms with E-state index in [2.05, 4.69) is 5.32 Å². The van der Waals surface area contributed by atoms with Crippen LogP contribution in [0, 0.1) is 0 Å². The Kier molecular flexibility index (Phi) is 7.37. The number of benzene rings is 3. The third kappa shape index (κ3) is 5.01. The smallest absolute Gasteiger partial charge is 0.251 e. The molecule has 0 aromatic heterocycles. The Labute approximate surface area is 204 Å². The van der Waals surface area contributed by atoms with Crippen molar-refractivity contribution in [1.82, 2.24) is 5.32 Å². The average molecular weight is 497 g/mol. The lowest BCUT2D eigenvalue weighted by molar-refractivity contribution is -0.122. The summed E-state index contributed by atoms with van der Waals surface area (Å²) in [7, 11) is -3.98. The summed E-state index contributed by atoms with van der Waals surface area (Å²) >= 11 is 0. The summed E-state index contributed by atoms with van der Waals surface area (Å²) in [4.78, 5) is 24.7. The third-order valence-corrected chi connectivity index (χ3v) is 8.84. The highest BCUT2D eigenvalue weighted by molar-refractivity contribution is 7.93. The van der Waals surface area contributed by atoms with Gasteiger partial charge in [-0.2, -0.15) is 0 Å². The summed E-state index contributed by atoms with van der Waals surface area (Å²) in [6, 6.07) is 19.3. The zero-order valence-corrected chi connectivity index (χ0v) is 20.1. The molecule has 0 atom stereocenters. The minimum atomic E-state index is -3.98. The molecule has 1 saturated heterocycles. The standard InChI is InChI=1S/C26H28N2O6S/c27-25(30)26(13-17-33-18-14-26)35(31,32)21-11-9-20(10-12-21)34-16-4-15-28-24(29)23-8-3-6-19-5-1-2-7-22(19)23/h1-3,5-12H,4,13-18H2,(H2,27,30)(H,28,29). The van der Waals surface area contributed by atoms with Crippen LogP contribution in [0.1, 0.15) is 29.6 Å². The van der Waals surface area contributed by atoms with Crippen LogP contribution >= 0.6 is 0 Å². The van der Waals surface area contributed by atoms with Crippen molar-refractivity contribution in [2.75, 3.05) is 26.4 Å². The van der Waals surface area contributed by atoms with Gasteiger partial charge in [-0.1, -0.05) is 36.4 Å². The van der Waals surface area contributed by atoms with Crippen molar-refractivity contribution in [2.45, 2.75) is 28.9 Å². The van der Waals surface area contributed by atoms with Gasteiger partial charge in [0.2, 0.25) is 5.91 Å². The van der Waals surface area contributed by atoms with Crippen LogP contribution in [0.2, 0.25) is 0 Å². The first kappa shape index (κ1) is 24.7. The van der Waals surface area contributed by atoms with Crippen LogP contribution in [0.25, 0.3) is 10.8 Å². The van der Waals surface area contributed by atoms with E-state index < -0.39 is 20.5 Å². The second-order valence-electron chi connectivity index (χ2n) is 8.43. The molecule has 0 saturated carbocycles. The number of hydrogen-bond donors (Lipinski definition) is 2. The van der Waals surface area contributed by atoms with Crippen molar-refractivity contribution in [1.29, 1.82) is 0 Å². The maximum absolute atomic E-state index is 13.2. The fourth-order valence-electron chi connectivity index (χ4n) is 4.27. The summed E-state index contributed by atoms with van der Waals surface area (Å²) in [5.74, 6) is -0.510. The largest absolute Gasteiger partial charge is 0.494 e. The molecule has 1 aliphatic heterocycles. The van der Waals surface area contributed by atoms with E-state index in [1.807, 2.05) is 36.4 Å². The van der Waals surface area contributed by atoms with E-state index >= 15 is 0 Å². The van der Waals surface area contributed by atoms with Crippen LogP contribution in [0.3, 0.4) is 0 Å². The average Bonchev–Trinajstić information content (AvgIpc) is 2.88. The van der Waals surface area contributed by atoms with Gasteiger partial charge in [0.15, 0.2) is 14.6 Å². The molecule has 1 aliphatic rings. The Morgan fingerprint density at radius 3 is 2.37 bits per heavy atom. The van der Waals surface area contributed by atoms with E-state index in [9.17, 15) is 18.0 Å². The van der Waals surface area contributed by atoms with Gasteiger partial charge in [-0.25, -0.2) is 8.42 Å². The number of nitrogens with two attached hydrogens (primary N) is 1. The fraction of sp³-hybridized carbons (Fsp3) is 0.308. The first-order chi connectivity index (χ1) is 16.8. The van der Waals surface area contributed by atoms with Gasteiger partial charge in [-0.15, -0.1) is 0 Å². The van der Waals surface area contributed by atoms with Gasteiger partial charge in [0.1, 0.15) is 5.75 Å². The summed E-state index contributed by atoms with van der Waals surface area (Å²) < 4.78 is 35.6. The van der Waals surface area contributed by atoms with E-state index in [0.29, 0.717) is 30.9 Å². The van der Waals surface area contributed by atoms with Gasteiger partial charge in [-0.05, 0) is 60.4 Å². The highest BCUT2D eigenvalue weighted by Crippen LogP contribution is 2.35. The lowest BCUT2D eigenvalue weighted by Gasteiger charge is -2.33. The molecule has 3 N–H and O–H groups in total. The molecular formula is C26H28N2O6S. The molecule has 1 heterocycles. The number of ether oxygens (including phenoxy) is 2. The van der Waals surface area contributed by atoms with E-state index in [-0.39, 0.29) is 36.9 Å². The molecule has 1 fully saturated rings. The molecule has 0 unspecified atom stereocenters. The van der Waals surface area contributed by atoms with Crippen LogP contribution in [-0.2, 0) is 19.4 Å². The Morgan fingerprint density at radius 1 is 0.971 bits per heavy atom. The Bertz CT molecular complexity index is 1310. The van der Waals surface area contributed by atoms with E-state index in [0.717, 1.165) is 10.8 Å². The number of fused-ring (bicyclic) bond motifs is 1. The summed E-state index contributed by atoms with van der Waals surface area (Å²) in [5, 5.41) is 4.81. The first-order valence-corrected chi connectivity index (χ1v) is 12.9. The normalized spacial score (nSPS) is 15.4. The number of nitrogens with one attached hydrogen (secondary N) is 1. The number of carbonyl (C=O) groups is 2. The number of hydrogen-bond acceptors (Lipinski definition) is 6. The molecule has 3 aromatic carbocycles. The topological polar surface area (TPSA) is 125 Å². The highest BCUT2D eigenvalue weighted by atomic mass is 32.2. The Morgan fingerprint density at radius 2 is 1.66 bits per heavy atom. The molecule has 4 rings (SSSR count). The predicted molar refractivity (Wildman–Crippen MR) is 132 cm³/mol. The molecule has 0 spiro atoms. The molecule has 9 heteroatoms. The van der Waals surface area contributed by atoms with Gasteiger partial charge < -0.3 is 20.5 Å². The van der Waals surface area contributed by atoms with Gasteiger partial charge in [0.05, 0.1) is 11.5 Å². The maximum atomic E-state index is 13.2. The van der Waals surface area contributed by atoms with Gasteiger partial charge in [-0.3, -0.25) is 9.59 Å². The van der Waals surface area contributed by atoms with E-state index in [4.69, 9.17) is 15.2 Å². The molecule has 0 bridgehead atoms. The molecule has 0 radical (unpaired) electrons. The minimum absolute atomic E-state index is 0.0212.